The summed E-state index contributed by atoms with van der Waals surface area (Å²) in [6, 6.07) is 9.09. The molecule has 3 aromatic rings. The number of nitrogens with zero attached hydrogens (tertiary/aromatic N) is 1. The van der Waals surface area contributed by atoms with E-state index in [1.807, 2.05) is 6.07 Å². The largest absolute Gasteiger partial charge is 0.416 e. The van der Waals surface area contributed by atoms with Gasteiger partial charge in [-0.2, -0.15) is 26.7 Å². The molecule has 3 rings (SSSR count). The Morgan fingerprint density at radius 2 is 1.70 bits per heavy atom. The van der Waals surface area contributed by atoms with Gasteiger partial charge in [-0.3, -0.25) is 14.6 Å². The number of benzene rings is 2. The minimum atomic E-state index is -4.58. The van der Waals surface area contributed by atoms with E-state index in [9.17, 15) is 26.4 Å². The topological polar surface area (TPSA) is 104 Å². The number of aromatic nitrogens is 2. The van der Waals surface area contributed by atoms with Crippen LogP contribution in [0.2, 0.25) is 0 Å². The fourth-order valence-corrected chi connectivity index (χ4v) is 3.99. The summed E-state index contributed by atoms with van der Waals surface area (Å²) in [5.74, 6) is -0.927. The highest BCUT2D eigenvalue weighted by molar-refractivity contribution is 7.92. The number of alkyl halides is 3. The number of aryl methyl sites for hydroxylation is 2. The molecule has 0 bridgehead atoms. The quantitative estimate of drug-likeness (QED) is 0.558. The Labute approximate surface area is 170 Å². The number of sulfonamides is 1. The van der Waals surface area contributed by atoms with Gasteiger partial charge in [-0.05, 0) is 55.3 Å². The van der Waals surface area contributed by atoms with E-state index in [2.05, 4.69) is 20.2 Å². The molecular weight excluding hydrogens is 421 g/mol. The highest BCUT2D eigenvalue weighted by Crippen LogP contribution is 2.31. The van der Waals surface area contributed by atoms with Gasteiger partial charge in [0.05, 0.1) is 17.3 Å². The standard InChI is InChI=1S/C19H17F3N4O3S/c1-11-6-12(2)8-15(7-11)26-30(28,29)18-16(10-23-25-18)17(27)24-14-5-3-4-13(9-14)19(20,21)22/h3-10,26H,1-2H3,(H,23,25)(H,24,27). The Hall–Kier alpha value is -3.34. The van der Waals surface area contributed by atoms with Crippen LogP contribution in [0.4, 0.5) is 24.5 Å². The Morgan fingerprint density at radius 3 is 2.33 bits per heavy atom. The monoisotopic (exact) mass is 438 g/mol. The number of aromatic amines is 1. The molecule has 1 amide bonds. The van der Waals surface area contributed by atoms with Crippen molar-refractivity contribution in [2.24, 2.45) is 0 Å². The molecule has 2 aromatic carbocycles. The van der Waals surface area contributed by atoms with Crippen LogP contribution < -0.4 is 10.0 Å². The second-order valence-corrected chi connectivity index (χ2v) is 8.25. The molecule has 7 nitrogen and oxygen atoms in total. The van der Waals surface area contributed by atoms with Crippen LogP contribution in [0.15, 0.2) is 53.7 Å². The maximum atomic E-state index is 12.8. The summed E-state index contributed by atoms with van der Waals surface area (Å²) in [5, 5.41) is 7.61. The number of amides is 1. The van der Waals surface area contributed by atoms with Crippen molar-refractivity contribution in [3.8, 4) is 0 Å². The molecule has 3 N–H and O–H groups in total. The summed E-state index contributed by atoms with van der Waals surface area (Å²) in [7, 11) is -4.21. The number of hydrogen-bond donors (Lipinski definition) is 3. The van der Waals surface area contributed by atoms with Crippen LogP contribution in [0.3, 0.4) is 0 Å². The van der Waals surface area contributed by atoms with E-state index in [4.69, 9.17) is 0 Å². The first kappa shape index (κ1) is 21.4. The molecular formula is C19H17F3N4O3S. The molecule has 0 aliphatic carbocycles. The fourth-order valence-electron chi connectivity index (χ4n) is 2.85. The minimum absolute atomic E-state index is 0.137. The second kappa shape index (κ2) is 7.82. The molecule has 0 spiro atoms. The SMILES string of the molecule is Cc1cc(C)cc(NS(=O)(=O)c2[nH]ncc2C(=O)Nc2cccc(C(F)(F)F)c2)c1. The Morgan fingerprint density at radius 1 is 1.03 bits per heavy atom. The number of hydrogen-bond acceptors (Lipinski definition) is 4. The molecule has 0 saturated heterocycles. The highest BCUT2D eigenvalue weighted by atomic mass is 32.2. The smallest absolute Gasteiger partial charge is 0.322 e. The zero-order valence-corrected chi connectivity index (χ0v) is 16.6. The first-order valence-electron chi connectivity index (χ1n) is 8.59. The Kier molecular flexibility index (Phi) is 5.57. The minimum Gasteiger partial charge on any atom is -0.322 e. The first-order chi connectivity index (χ1) is 14.0. The second-order valence-electron chi connectivity index (χ2n) is 6.63. The summed E-state index contributed by atoms with van der Waals surface area (Å²) >= 11 is 0. The van der Waals surface area contributed by atoms with Gasteiger partial charge in [0, 0.05) is 11.4 Å². The van der Waals surface area contributed by atoms with E-state index in [1.165, 1.54) is 6.07 Å². The molecule has 0 aliphatic rings. The third kappa shape index (κ3) is 4.79. The summed E-state index contributed by atoms with van der Waals surface area (Å²) in [4.78, 5) is 12.5. The van der Waals surface area contributed by atoms with Gasteiger partial charge in [0.25, 0.3) is 15.9 Å². The van der Waals surface area contributed by atoms with E-state index >= 15 is 0 Å². The maximum absolute atomic E-state index is 12.8. The number of halogens is 3. The van der Waals surface area contributed by atoms with Crippen LogP contribution in [0.1, 0.15) is 27.0 Å². The lowest BCUT2D eigenvalue weighted by molar-refractivity contribution is -0.137. The van der Waals surface area contributed by atoms with Gasteiger partial charge in [0.1, 0.15) is 0 Å². The van der Waals surface area contributed by atoms with Crippen molar-refractivity contribution in [2.45, 2.75) is 25.0 Å². The van der Waals surface area contributed by atoms with Crippen molar-refractivity contribution >= 4 is 27.3 Å². The van der Waals surface area contributed by atoms with Gasteiger partial charge < -0.3 is 5.32 Å². The summed E-state index contributed by atoms with van der Waals surface area (Å²) in [6.07, 6.45) is -3.60. The van der Waals surface area contributed by atoms with E-state index in [0.717, 1.165) is 35.5 Å². The molecule has 0 radical (unpaired) electrons. The van der Waals surface area contributed by atoms with E-state index in [-0.39, 0.29) is 11.3 Å². The van der Waals surface area contributed by atoms with Crippen molar-refractivity contribution in [3.63, 3.8) is 0 Å². The van der Waals surface area contributed by atoms with Crippen molar-refractivity contribution in [1.82, 2.24) is 10.2 Å². The van der Waals surface area contributed by atoms with Crippen molar-refractivity contribution < 1.29 is 26.4 Å². The lowest BCUT2D eigenvalue weighted by Gasteiger charge is -2.11. The Bertz CT molecular complexity index is 1180. The summed E-state index contributed by atoms with van der Waals surface area (Å²) in [5.41, 5.74) is 0.536. The number of rotatable bonds is 5. The van der Waals surface area contributed by atoms with Crippen molar-refractivity contribution in [2.75, 3.05) is 10.0 Å². The molecule has 0 saturated carbocycles. The Balaban J connectivity index is 1.86. The van der Waals surface area contributed by atoms with Crippen LogP contribution in [0, 0.1) is 13.8 Å². The number of anilines is 2. The van der Waals surface area contributed by atoms with Crippen molar-refractivity contribution in [1.29, 1.82) is 0 Å². The van der Waals surface area contributed by atoms with Crippen molar-refractivity contribution in [3.05, 3.63) is 70.9 Å². The molecule has 158 valence electrons. The number of carbonyl (C=O) groups excluding carboxylic acids is 1. The lowest BCUT2D eigenvalue weighted by atomic mass is 10.1. The van der Waals surface area contributed by atoms with Crippen LogP contribution in [0.5, 0.6) is 0 Å². The normalized spacial score (nSPS) is 11.9. The average Bonchev–Trinajstić information content (AvgIpc) is 3.11. The molecule has 0 unspecified atom stereocenters. The predicted octanol–water partition coefficient (Wildman–Crippen LogP) is 4.10. The van der Waals surface area contributed by atoms with Crippen LogP contribution in [-0.4, -0.2) is 24.5 Å². The summed E-state index contributed by atoms with van der Waals surface area (Å²) in [6.45, 7) is 3.60. The van der Waals surface area contributed by atoms with Gasteiger partial charge in [-0.1, -0.05) is 12.1 Å². The molecule has 0 atom stereocenters. The van der Waals surface area contributed by atoms with Gasteiger partial charge in [0.2, 0.25) is 0 Å². The lowest BCUT2D eigenvalue weighted by Crippen LogP contribution is -2.20. The third-order valence-corrected chi connectivity index (χ3v) is 5.39. The van der Waals surface area contributed by atoms with Crippen LogP contribution in [0.25, 0.3) is 0 Å². The van der Waals surface area contributed by atoms with Gasteiger partial charge >= 0.3 is 6.18 Å². The average molecular weight is 438 g/mol. The third-order valence-electron chi connectivity index (χ3n) is 4.04. The number of H-pyrrole nitrogens is 1. The molecule has 1 heterocycles. The van der Waals surface area contributed by atoms with E-state index < -0.39 is 32.7 Å². The number of carbonyl (C=O) groups is 1. The summed E-state index contributed by atoms with van der Waals surface area (Å²) < 4.78 is 66.4. The van der Waals surface area contributed by atoms with E-state index in [0.29, 0.717) is 5.69 Å². The van der Waals surface area contributed by atoms with Crippen LogP contribution in [-0.2, 0) is 16.2 Å². The fraction of sp³-hybridized carbons (Fsp3) is 0.158. The molecule has 11 heteroatoms. The zero-order chi connectivity index (χ0) is 22.1. The molecule has 0 fully saturated rings. The predicted molar refractivity (Wildman–Crippen MR) is 105 cm³/mol. The maximum Gasteiger partial charge on any atom is 0.416 e. The molecule has 0 aliphatic heterocycles. The highest BCUT2D eigenvalue weighted by Gasteiger charge is 2.31. The van der Waals surface area contributed by atoms with Gasteiger partial charge in [0.15, 0.2) is 5.03 Å². The van der Waals surface area contributed by atoms with Gasteiger partial charge in [-0.15, -0.1) is 0 Å². The van der Waals surface area contributed by atoms with Crippen LogP contribution >= 0.6 is 0 Å². The molecule has 30 heavy (non-hydrogen) atoms. The zero-order valence-electron chi connectivity index (χ0n) is 15.8. The first-order valence-corrected chi connectivity index (χ1v) is 10.1. The number of nitrogens with one attached hydrogen (secondary N) is 3. The van der Waals surface area contributed by atoms with E-state index in [1.54, 1.807) is 26.0 Å². The molecule has 1 aromatic heterocycles. The van der Waals surface area contributed by atoms with Gasteiger partial charge in [-0.25, -0.2) is 0 Å².